The van der Waals surface area contributed by atoms with E-state index in [0.717, 1.165) is 57.5 Å². The van der Waals surface area contributed by atoms with Crippen LogP contribution < -0.4 is 16.1 Å². The lowest BCUT2D eigenvalue weighted by atomic mass is 10.1. The van der Waals surface area contributed by atoms with E-state index in [-0.39, 0.29) is 18.2 Å². The third-order valence-corrected chi connectivity index (χ3v) is 5.78. The second-order valence-corrected chi connectivity index (χ2v) is 8.34. The van der Waals surface area contributed by atoms with Crippen LogP contribution in [0.3, 0.4) is 0 Å². The summed E-state index contributed by atoms with van der Waals surface area (Å²) in [6.07, 6.45) is 9.62. The number of hydrogen-bond acceptors (Lipinski definition) is 8. The van der Waals surface area contributed by atoms with Gasteiger partial charge in [0.05, 0.1) is 5.56 Å². The van der Waals surface area contributed by atoms with Gasteiger partial charge >= 0.3 is 0 Å². The van der Waals surface area contributed by atoms with E-state index in [0.29, 0.717) is 18.1 Å². The molecule has 2 atom stereocenters. The molecule has 0 bridgehead atoms. The lowest BCUT2D eigenvalue weighted by Gasteiger charge is -2.35. The molecule has 2 aliphatic rings. The zero-order valence-electron chi connectivity index (χ0n) is 18.8. The number of rotatable bonds is 8. The molecule has 2 aliphatic heterocycles. The average Bonchev–Trinajstić information content (AvgIpc) is 2.88. The number of amides is 1. The number of ether oxygens (including phenoxy) is 1. The fourth-order valence-electron chi connectivity index (χ4n) is 3.87. The SMILES string of the molecule is NC(C=Cc1ccccc1)CN1CCN(c2ncc(C(=O)NOC3CCCCO3)cn2)CC1. The fraction of sp³-hybridized carbons (Fsp3) is 0.458. The van der Waals surface area contributed by atoms with Crippen LogP contribution in [0.4, 0.5) is 5.95 Å². The topological polar surface area (TPSA) is 106 Å². The Labute approximate surface area is 194 Å². The van der Waals surface area contributed by atoms with Crippen LogP contribution in [0.2, 0.25) is 0 Å². The number of carbonyl (C=O) groups is 1. The zero-order chi connectivity index (χ0) is 22.9. The fourth-order valence-corrected chi connectivity index (χ4v) is 3.87. The van der Waals surface area contributed by atoms with Crippen molar-refractivity contribution in [1.29, 1.82) is 0 Å². The third-order valence-electron chi connectivity index (χ3n) is 5.78. The summed E-state index contributed by atoms with van der Waals surface area (Å²) in [5.41, 5.74) is 10.2. The molecule has 2 unspecified atom stereocenters. The highest BCUT2D eigenvalue weighted by molar-refractivity contribution is 5.92. The molecule has 4 rings (SSSR count). The van der Waals surface area contributed by atoms with Gasteiger partial charge in [-0.3, -0.25) is 9.69 Å². The minimum Gasteiger partial charge on any atom is -0.350 e. The van der Waals surface area contributed by atoms with Crippen LogP contribution in [0.25, 0.3) is 6.08 Å². The van der Waals surface area contributed by atoms with Gasteiger partial charge in [0.25, 0.3) is 5.91 Å². The summed E-state index contributed by atoms with van der Waals surface area (Å²) in [4.78, 5) is 30.8. The van der Waals surface area contributed by atoms with E-state index >= 15 is 0 Å². The third kappa shape index (κ3) is 7.06. The van der Waals surface area contributed by atoms with Crippen LogP contribution in [-0.4, -0.2) is 72.4 Å². The summed E-state index contributed by atoms with van der Waals surface area (Å²) in [7, 11) is 0. The number of nitrogens with zero attached hydrogens (tertiary/aromatic N) is 4. The molecule has 0 spiro atoms. The summed E-state index contributed by atoms with van der Waals surface area (Å²) >= 11 is 0. The van der Waals surface area contributed by atoms with Crippen molar-refractivity contribution in [2.45, 2.75) is 31.6 Å². The molecule has 2 saturated heterocycles. The molecule has 1 amide bonds. The summed E-state index contributed by atoms with van der Waals surface area (Å²) in [5.74, 6) is 0.245. The maximum Gasteiger partial charge on any atom is 0.278 e. The standard InChI is InChI=1S/C24H32N6O3/c25-21(10-9-19-6-2-1-3-7-19)18-29-11-13-30(14-12-29)24-26-16-20(17-27-24)23(31)28-33-22-8-4-5-15-32-22/h1-3,6-7,9-10,16-17,21-22H,4-5,8,11-15,18,25H2,(H,28,31). The Morgan fingerprint density at radius 2 is 1.94 bits per heavy atom. The van der Waals surface area contributed by atoms with Crippen LogP contribution in [0.15, 0.2) is 48.8 Å². The van der Waals surface area contributed by atoms with Crippen LogP contribution in [0, 0.1) is 0 Å². The normalized spacial score (nSPS) is 20.6. The number of hydrogen-bond donors (Lipinski definition) is 2. The highest BCUT2D eigenvalue weighted by Gasteiger charge is 2.21. The average molecular weight is 453 g/mol. The zero-order valence-corrected chi connectivity index (χ0v) is 18.8. The lowest BCUT2D eigenvalue weighted by Crippen LogP contribution is -2.50. The van der Waals surface area contributed by atoms with Gasteiger partial charge in [-0.05, 0) is 18.4 Å². The van der Waals surface area contributed by atoms with Crippen molar-refractivity contribution in [1.82, 2.24) is 20.3 Å². The molecule has 9 nitrogen and oxygen atoms in total. The van der Waals surface area contributed by atoms with Crippen LogP contribution >= 0.6 is 0 Å². The number of benzene rings is 1. The predicted octanol–water partition coefficient (Wildman–Crippen LogP) is 1.83. The molecule has 0 aliphatic carbocycles. The van der Waals surface area contributed by atoms with Gasteiger partial charge in [0.1, 0.15) is 0 Å². The van der Waals surface area contributed by atoms with E-state index in [4.69, 9.17) is 15.3 Å². The van der Waals surface area contributed by atoms with Gasteiger partial charge in [-0.1, -0.05) is 42.5 Å². The van der Waals surface area contributed by atoms with Gasteiger partial charge < -0.3 is 15.4 Å². The van der Waals surface area contributed by atoms with Gasteiger partial charge in [-0.2, -0.15) is 0 Å². The predicted molar refractivity (Wildman–Crippen MR) is 126 cm³/mol. The van der Waals surface area contributed by atoms with Crippen molar-refractivity contribution in [3.05, 3.63) is 59.9 Å². The molecule has 1 aromatic carbocycles. The highest BCUT2D eigenvalue weighted by atomic mass is 16.8. The van der Waals surface area contributed by atoms with E-state index in [1.807, 2.05) is 18.2 Å². The Morgan fingerprint density at radius 1 is 1.18 bits per heavy atom. The smallest absolute Gasteiger partial charge is 0.278 e. The molecule has 0 saturated carbocycles. The van der Waals surface area contributed by atoms with Crippen LogP contribution in [0.5, 0.6) is 0 Å². The molecule has 9 heteroatoms. The van der Waals surface area contributed by atoms with E-state index < -0.39 is 0 Å². The Balaban J connectivity index is 1.20. The number of nitrogens with one attached hydrogen (secondary N) is 1. The molecule has 176 valence electrons. The van der Waals surface area contributed by atoms with Crippen LogP contribution in [-0.2, 0) is 9.57 Å². The van der Waals surface area contributed by atoms with Crippen molar-refractivity contribution in [2.24, 2.45) is 5.73 Å². The molecule has 1 aromatic heterocycles. The second-order valence-electron chi connectivity index (χ2n) is 8.34. The molecule has 3 N–H and O–H groups in total. The van der Waals surface area contributed by atoms with Crippen molar-refractivity contribution in [2.75, 3.05) is 44.2 Å². The summed E-state index contributed by atoms with van der Waals surface area (Å²) in [6.45, 7) is 4.84. The number of nitrogens with two attached hydrogens (primary N) is 1. The first kappa shape index (κ1) is 23.3. The number of carbonyl (C=O) groups excluding carboxylic acids is 1. The molecule has 2 aromatic rings. The first-order chi connectivity index (χ1) is 16.2. The molecular formula is C24H32N6O3. The Morgan fingerprint density at radius 3 is 2.64 bits per heavy atom. The van der Waals surface area contributed by atoms with E-state index in [1.54, 1.807) is 0 Å². The molecular weight excluding hydrogens is 420 g/mol. The molecule has 2 fully saturated rings. The van der Waals surface area contributed by atoms with E-state index in [1.165, 1.54) is 12.4 Å². The minimum atomic E-state index is -0.388. The number of hydroxylamine groups is 1. The van der Waals surface area contributed by atoms with Gasteiger partial charge in [0, 0.05) is 64.2 Å². The summed E-state index contributed by atoms with van der Waals surface area (Å²) in [6, 6.07) is 10.2. The maximum absolute atomic E-state index is 12.3. The minimum absolute atomic E-state index is 0.0213. The molecule has 0 radical (unpaired) electrons. The largest absolute Gasteiger partial charge is 0.350 e. The van der Waals surface area contributed by atoms with E-state index in [2.05, 4.69) is 49.5 Å². The monoisotopic (exact) mass is 452 g/mol. The van der Waals surface area contributed by atoms with Gasteiger partial charge in [-0.25, -0.2) is 20.3 Å². The van der Waals surface area contributed by atoms with Crippen molar-refractivity contribution in [3.8, 4) is 0 Å². The van der Waals surface area contributed by atoms with Gasteiger partial charge in [0.15, 0.2) is 6.29 Å². The molecule has 3 heterocycles. The Hall–Kier alpha value is -2.85. The summed E-state index contributed by atoms with van der Waals surface area (Å²) in [5, 5.41) is 0. The van der Waals surface area contributed by atoms with Crippen molar-refractivity contribution in [3.63, 3.8) is 0 Å². The van der Waals surface area contributed by atoms with E-state index in [9.17, 15) is 4.79 Å². The Bertz CT molecular complexity index is 894. The molecule has 33 heavy (non-hydrogen) atoms. The van der Waals surface area contributed by atoms with Crippen LogP contribution in [0.1, 0.15) is 35.2 Å². The summed E-state index contributed by atoms with van der Waals surface area (Å²) < 4.78 is 5.44. The lowest BCUT2D eigenvalue weighted by molar-refractivity contribution is -0.186. The highest BCUT2D eigenvalue weighted by Crippen LogP contribution is 2.14. The second kappa shape index (κ2) is 11.9. The maximum atomic E-state index is 12.3. The number of aromatic nitrogens is 2. The Kier molecular flexibility index (Phi) is 8.37. The van der Waals surface area contributed by atoms with Crippen molar-refractivity contribution < 1.29 is 14.4 Å². The first-order valence-electron chi connectivity index (χ1n) is 11.5. The van der Waals surface area contributed by atoms with Crippen molar-refractivity contribution >= 4 is 17.9 Å². The first-order valence-corrected chi connectivity index (χ1v) is 11.5. The quantitative estimate of drug-likeness (QED) is 0.585. The van der Waals surface area contributed by atoms with Gasteiger partial charge in [0.2, 0.25) is 5.95 Å². The number of piperazine rings is 1. The number of anilines is 1. The van der Waals surface area contributed by atoms with Gasteiger partial charge in [-0.15, -0.1) is 0 Å².